The van der Waals surface area contributed by atoms with Crippen molar-refractivity contribution >= 4 is 39.5 Å². The summed E-state index contributed by atoms with van der Waals surface area (Å²) in [5, 5.41) is 0. The molecule has 2 amide bonds. The van der Waals surface area contributed by atoms with Crippen LogP contribution in [0.25, 0.3) is 0 Å². The van der Waals surface area contributed by atoms with Gasteiger partial charge < -0.3 is 4.74 Å². The third kappa shape index (κ3) is 3.37. The number of ketones is 1. The van der Waals surface area contributed by atoms with Crippen LogP contribution in [0, 0.1) is 11.8 Å². The van der Waals surface area contributed by atoms with E-state index in [1.54, 1.807) is 24.3 Å². The van der Waals surface area contributed by atoms with Gasteiger partial charge in [-0.05, 0) is 34.4 Å². The molecule has 1 saturated heterocycles. The van der Waals surface area contributed by atoms with Crippen molar-refractivity contribution in [2.24, 2.45) is 11.8 Å². The predicted octanol–water partition coefficient (Wildman–Crippen LogP) is 4.07. The average Bonchev–Trinajstić information content (AvgIpc) is 3.13. The SMILES string of the molecule is O=C(CN1C(=O)[C@H]2C3c4ccccc4C(c4ccccc43)[C@@H]2C1=O)OCC(=O)c1ccc(Br)cc1. The van der Waals surface area contributed by atoms with E-state index < -0.39 is 31.0 Å². The van der Waals surface area contributed by atoms with Gasteiger partial charge in [-0.1, -0.05) is 76.6 Å². The molecule has 6 nitrogen and oxygen atoms in total. The number of imide groups is 1. The van der Waals surface area contributed by atoms with Gasteiger partial charge in [0.15, 0.2) is 12.4 Å². The molecule has 3 aromatic rings. The summed E-state index contributed by atoms with van der Waals surface area (Å²) in [6, 6.07) is 22.6. The number of benzene rings is 3. The minimum absolute atomic E-state index is 0.228. The van der Waals surface area contributed by atoms with Gasteiger partial charge in [0.2, 0.25) is 11.8 Å². The normalized spacial score (nSPS) is 23.5. The number of carbonyl (C=O) groups is 4. The zero-order chi connectivity index (χ0) is 24.3. The topological polar surface area (TPSA) is 80.8 Å². The second-order valence-electron chi connectivity index (χ2n) is 9.12. The molecule has 1 aliphatic heterocycles. The fourth-order valence-corrected chi connectivity index (χ4v) is 6.20. The molecule has 3 aromatic carbocycles. The van der Waals surface area contributed by atoms with E-state index in [1.165, 1.54) is 0 Å². The third-order valence-electron chi connectivity index (χ3n) is 7.36. The van der Waals surface area contributed by atoms with Crippen LogP contribution in [0.5, 0.6) is 0 Å². The van der Waals surface area contributed by atoms with Crippen molar-refractivity contribution in [3.63, 3.8) is 0 Å². The van der Waals surface area contributed by atoms with Crippen LogP contribution in [0.4, 0.5) is 0 Å². The Bertz CT molecular complexity index is 1280. The van der Waals surface area contributed by atoms with Crippen molar-refractivity contribution in [3.8, 4) is 0 Å². The van der Waals surface area contributed by atoms with Crippen molar-refractivity contribution < 1.29 is 23.9 Å². The molecule has 0 aromatic heterocycles. The van der Waals surface area contributed by atoms with Gasteiger partial charge in [-0.25, -0.2) is 0 Å². The van der Waals surface area contributed by atoms with Gasteiger partial charge in [0, 0.05) is 21.9 Å². The molecule has 7 heteroatoms. The number of nitrogens with zero attached hydrogens (tertiary/aromatic N) is 1. The molecule has 1 fully saturated rings. The maximum Gasteiger partial charge on any atom is 0.326 e. The highest BCUT2D eigenvalue weighted by atomic mass is 79.9. The molecule has 4 aliphatic rings. The Kier molecular flexibility index (Phi) is 5.18. The first kappa shape index (κ1) is 21.9. The van der Waals surface area contributed by atoms with Gasteiger partial charge in [-0.15, -0.1) is 0 Å². The molecule has 0 radical (unpaired) electrons. The number of halogens is 1. The van der Waals surface area contributed by atoms with Crippen LogP contribution >= 0.6 is 15.9 Å². The third-order valence-corrected chi connectivity index (χ3v) is 7.89. The first-order chi connectivity index (χ1) is 17.0. The van der Waals surface area contributed by atoms with Crippen LogP contribution < -0.4 is 0 Å². The molecule has 1 heterocycles. The van der Waals surface area contributed by atoms with E-state index in [0.29, 0.717) is 5.56 Å². The van der Waals surface area contributed by atoms with Crippen molar-refractivity contribution in [2.75, 3.05) is 13.2 Å². The van der Waals surface area contributed by atoms with Gasteiger partial charge in [-0.3, -0.25) is 24.1 Å². The Balaban J connectivity index is 1.23. The summed E-state index contributed by atoms with van der Waals surface area (Å²) < 4.78 is 5.98. The summed E-state index contributed by atoms with van der Waals surface area (Å²) >= 11 is 3.31. The van der Waals surface area contributed by atoms with Crippen molar-refractivity contribution in [1.29, 1.82) is 0 Å². The highest BCUT2D eigenvalue weighted by Crippen LogP contribution is 2.60. The molecule has 2 atom stereocenters. The highest BCUT2D eigenvalue weighted by molar-refractivity contribution is 9.10. The molecule has 0 spiro atoms. The highest BCUT2D eigenvalue weighted by Gasteiger charge is 2.61. The lowest BCUT2D eigenvalue weighted by molar-refractivity contribution is -0.152. The summed E-state index contributed by atoms with van der Waals surface area (Å²) in [5.41, 5.74) is 4.70. The minimum Gasteiger partial charge on any atom is -0.456 e. The molecular formula is C28H20BrNO5. The summed E-state index contributed by atoms with van der Waals surface area (Å²) in [6.45, 7) is -0.948. The summed E-state index contributed by atoms with van der Waals surface area (Å²) in [4.78, 5) is 53.0. The number of likely N-dealkylation sites (tertiary alicyclic amines) is 1. The van der Waals surface area contributed by atoms with Crippen LogP contribution in [0.2, 0.25) is 0 Å². The molecule has 0 N–H and O–H groups in total. The maximum absolute atomic E-state index is 13.5. The Morgan fingerprint density at radius 3 is 1.66 bits per heavy atom. The number of rotatable bonds is 5. The van der Waals surface area contributed by atoms with Gasteiger partial charge in [0.25, 0.3) is 0 Å². The zero-order valence-electron chi connectivity index (χ0n) is 18.5. The van der Waals surface area contributed by atoms with Crippen LogP contribution in [0.3, 0.4) is 0 Å². The second kappa shape index (κ2) is 8.27. The quantitative estimate of drug-likeness (QED) is 0.282. The number of Topliss-reactive ketones (excluding diaryl/α,β-unsaturated/α-hetero) is 1. The summed E-state index contributed by atoms with van der Waals surface area (Å²) in [5.74, 6) is -3.39. The molecule has 7 rings (SSSR count). The summed E-state index contributed by atoms with van der Waals surface area (Å²) in [6.07, 6.45) is 0. The van der Waals surface area contributed by atoms with E-state index in [2.05, 4.69) is 15.9 Å². The number of ether oxygens (including phenoxy) is 1. The van der Waals surface area contributed by atoms with E-state index in [-0.39, 0.29) is 29.4 Å². The Morgan fingerprint density at radius 1 is 0.743 bits per heavy atom. The lowest BCUT2D eigenvalue weighted by Crippen LogP contribution is -2.41. The molecule has 0 saturated carbocycles. The first-order valence-corrected chi connectivity index (χ1v) is 12.2. The first-order valence-electron chi connectivity index (χ1n) is 11.4. The number of amides is 2. The van der Waals surface area contributed by atoms with Gasteiger partial charge in [-0.2, -0.15) is 0 Å². The van der Waals surface area contributed by atoms with Crippen LogP contribution in [0.15, 0.2) is 77.3 Å². The van der Waals surface area contributed by atoms with E-state index in [0.717, 1.165) is 31.6 Å². The van der Waals surface area contributed by atoms with E-state index in [9.17, 15) is 19.2 Å². The minimum atomic E-state index is -0.779. The number of hydrogen-bond donors (Lipinski definition) is 0. The van der Waals surface area contributed by atoms with Crippen LogP contribution in [0.1, 0.15) is 44.4 Å². The average molecular weight is 530 g/mol. The molecule has 0 unspecified atom stereocenters. The molecular weight excluding hydrogens is 510 g/mol. The fourth-order valence-electron chi connectivity index (χ4n) is 5.93. The van der Waals surface area contributed by atoms with E-state index in [4.69, 9.17) is 4.74 Å². The fraction of sp³-hybridized carbons (Fsp3) is 0.214. The summed E-state index contributed by atoms with van der Waals surface area (Å²) in [7, 11) is 0. The lowest BCUT2D eigenvalue weighted by atomic mass is 9.55. The van der Waals surface area contributed by atoms with E-state index >= 15 is 0 Å². The Hall–Kier alpha value is -3.58. The zero-order valence-corrected chi connectivity index (χ0v) is 20.1. The van der Waals surface area contributed by atoms with E-state index in [1.807, 2.05) is 48.5 Å². The molecule has 174 valence electrons. The molecule has 2 bridgehead atoms. The monoisotopic (exact) mass is 529 g/mol. The van der Waals surface area contributed by atoms with Gasteiger partial charge in [0.05, 0.1) is 11.8 Å². The smallest absolute Gasteiger partial charge is 0.326 e. The van der Waals surface area contributed by atoms with Crippen molar-refractivity contribution in [1.82, 2.24) is 4.90 Å². The van der Waals surface area contributed by atoms with Gasteiger partial charge in [0.1, 0.15) is 6.54 Å². The second-order valence-corrected chi connectivity index (χ2v) is 10.0. The van der Waals surface area contributed by atoms with Crippen molar-refractivity contribution in [2.45, 2.75) is 11.8 Å². The molecule has 35 heavy (non-hydrogen) atoms. The molecule has 3 aliphatic carbocycles. The predicted molar refractivity (Wildman–Crippen MR) is 130 cm³/mol. The number of hydrogen-bond acceptors (Lipinski definition) is 5. The standard InChI is InChI=1S/C28H20BrNO5/c29-16-11-9-15(10-12-16)21(31)14-35-22(32)13-30-27(33)25-23-17-5-1-2-6-18(17)24(26(25)28(30)34)20-8-4-3-7-19(20)23/h1-12,23-26H,13-14H2/t23?,24?,25-,26-/m0/s1. The largest absolute Gasteiger partial charge is 0.456 e. The Labute approximate surface area is 210 Å². The number of carbonyl (C=O) groups excluding carboxylic acids is 4. The lowest BCUT2D eigenvalue weighted by Gasteiger charge is -2.45. The van der Waals surface area contributed by atoms with Crippen LogP contribution in [-0.4, -0.2) is 41.6 Å². The Morgan fingerprint density at radius 2 is 1.20 bits per heavy atom. The number of esters is 1. The van der Waals surface area contributed by atoms with Gasteiger partial charge >= 0.3 is 5.97 Å². The van der Waals surface area contributed by atoms with Crippen molar-refractivity contribution in [3.05, 3.63) is 105 Å². The van der Waals surface area contributed by atoms with Crippen LogP contribution in [-0.2, 0) is 19.1 Å². The maximum atomic E-state index is 13.5.